The number of thiocarbonyl (C=S) groups is 1. The highest BCUT2D eigenvalue weighted by Gasteiger charge is 2.46. The number of carbonyl (C=O) groups excluding carboxylic acids is 1. The van der Waals surface area contributed by atoms with Crippen LogP contribution in [0, 0.1) is 5.92 Å². The lowest BCUT2D eigenvalue weighted by molar-refractivity contribution is -0.173. The van der Waals surface area contributed by atoms with E-state index in [1.165, 1.54) is 11.8 Å². The van der Waals surface area contributed by atoms with Gasteiger partial charge >= 0.3 is 0 Å². The third-order valence-electron chi connectivity index (χ3n) is 3.72. The van der Waals surface area contributed by atoms with Crippen molar-refractivity contribution in [3.63, 3.8) is 0 Å². The summed E-state index contributed by atoms with van der Waals surface area (Å²) in [5.41, 5.74) is -0.673. The Hall–Kier alpha value is -0.450. The van der Waals surface area contributed by atoms with E-state index in [4.69, 9.17) is 17.0 Å². The number of nitrogens with zero attached hydrogens (tertiary/aromatic N) is 1. The van der Waals surface area contributed by atoms with Gasteiger partial charge in [0.05, 0.1) is 12.6 Å². The largest absolute Gasteiger partial charge is 0.394 e. The highest BCUT2D eigenvalue weighted by Crippen LogP contribution is 2.33. The van der Waals surface area contributed by atoms with Gasteiger partial charge in [0.2, 0.25) is 5.91 Å². The van der Waals surface area contributed by atoms with Gasteiger partial charge in [0.25, 0.3) is 0 Å². The Bertz CT molecular complexity index is 433. The molecule has 1 aliphatic heterocycles. The SMILES string of the molecule is CN(C)C(=S)S[C@@H]1O[C@H](CO)[C@@H](O)[C@H](O)[C@H]1NC(=O)C1CC1. The Labute approximate surface area is 139 Å². The molecular formula is C13H22N2O5S2. The van der Waals surface area contributed by atoms with E-state index in [0.29, 0.717) is 4.32 Å². The zero-order valence-electron chi connectivity index (χ0n) is 12.5. The van der Waals surface area contributed by atoms with Gasteiger partial charge in [-0.15, -0.1) is 0 Å². The van der Waals surface area contributed by atoms with Crippen molar-refractivity contribution >= 4 is 34.2 Å². The van der Waals surface area contributed by atoms with Crippen molar-refractivity contribution in [2.45, 2.75) is 42.6 Å². The maximum atomic E-state index is 12.0. The van der Waals surface area contributed by atoms with E-state index in [0.717, 1.165) is 12.8 Å². The number of nitrogens with one attached hydrogen (secondary N) is 1. The molecule has 1 aliphatic carbocycles. The van der Waals surface area contributed by atoms with E-state index in [9.17, 15) is 20.1 Å². The smallest absolute Gasteiger partial charge is 0.223 e. The first-order valence-electron chi connectivity index (χ1n) is 7.16. The van der Waals surface area contributed by atoms with Crippen LogP contribution in [0.5, 0.6) is 0 Å². The summed E-state index contributed by atoms with van der Waals surface area (Å²) in [4.78, 5) is 13.7. The van der Waals surface area contributed by atoms with Crippen LogP contribution in [0.2, 0.25) is 0 Å². The summed E-state index contributed by atoms with van der Waals surface area (Å²) in [7, 11) is 3.56. The van der Waals surface area contributed by atoms with Crippen molar-refractivity contribution in [2.24, 2.45) is 5.92 Å². The number of aliphatic hydroxyl groups is 3. The summed E-state index contributed by atoms with van der Waals surface area (Å²) in [6.45, 7) is -0.423. The molecule has 22 heavy (non-hydrogen) atoms. The van der Waals surface area contributed by atoms with E-state index in [2.05, 4.69) is 5.32 Å². The lowest BCUT2D eigenvalue weighted by atomic mass is 9.98. The summed E-state index contributed by atoms with van der Waals surface area (Å²) in [5, 5.41) is 32.3. The molecule has 0 unspecified atom stereocenters. The minimum Gasteiger partial charge on any atom is -0.394 e. The van der Waals surface area contributed by atoms with E-state index in [-0.39, 0.29) is 11.8 Å². The fraction of sp³-hybridized carbons (Fsp3) is 0.846. The van der Waals surface area contributed by atoms with Gasteiger partial charge in [-0.1, -0.05) is 24.0 Å². The van der Waals surface area contributed by atoms with Crippen molar-refractivity contribution in [1.29, 1.82) is 0 Å². The first kappa shape index (κ1) is 17.9. The molecule has 0 aromatic rings. The summed E-state index contributed by atoms with van der Waals surface area (Å²) in [5.74, 6) is -0.171. The van der Waals surface area contributed by atoms with Crippen LogP contribution in [0.25, 0.3) is 0 Å². The molecule has 0 bridgehead atoms. The number of aliphatic hydroxyl groups excluding tert-OH is 3. The number of rotatable bonds is 4. The van der Waals surface area contributed by atoms with E-state index >= 15 is 0 Å². The van der Waals surface area contributed by atoms with Gasteiger partial charge in [0, 0.05) is 20.0 Å². The maximum Gasteiger partial charge on any atom is 0.223 e. The Morgan fingerprint density at radius 2 is 2.00 bits per heavy atom. The standard InChI is InChI=1S/C13H22N2O5S2/c1-15(2)13(21)22-12-8(14-11(19)6-3-4-6)10(18)9(17)7(5-16)20-12/h6-10,12,16-18H,3-5H2,1-2H3,(H,14,19)/t7-,8-,9-,10-,12+/m1/s1. The molecule has 0 spiro atoms. The zero-order valence-corrected chi connectivity index (χ0v) is 14.1. The molecule has 1 saturated heterocycles. The predicted molar refractivity (Wildman–Crippen MR) is 86.3 cm³/mol. The van der Waals surface area contributed by atoms with Crippen molar-refractivity contribution in [2.75, 3.05) is 20.7 Å². The second kappa shape index (κ2) is 7.41. The first-order chi connectivity index (χ1) is 10.3. The normalized spacial score (nSPS) is 35.0. The second-order valence-corrected chi connectivity index (χ2v) is 7.53. The average molecular weight is 350 g/mol. The second-order valence-electron chi connectivity index (χ2n) is 5.79. The molecule has 2 aliphatic rings. The molecule has 2 rings (SSSR count). The molecule has 1 heterocycles. The molecule has 0 aromatic heterocycles. The van der Waals surface area contributed by atoms with Crippen LogP contribution in [0.4, 0.5) is 0 Å². The van der Waals surface area contributed by atoms with Gasteiger partial charge in [-0.2, -0.15) is 0 Å². The van der Waals surface area contributed by atoms with Crippen LogP contribution in [-0.2, 0) is 9.53 Å². The number of hydrogen-bond acceptors (Lipinski definition) is 7. The number of amides is 1. The van der Waals surface area contributed by atoms with E-state index in [1.807, 2.05) is 0 Å². The zero-order chi connectivity index (χ0) is 16.4. The quantitative estimate of drug-likeness (QED) is 0.474. The van der Waals surface area contributed by atoms with Gasteiger partial charge in [-0.05, 0) is 12.8 Å². The van der Waals surface area contributed by atoms with Crippen LogP contribution in [0.15, 0.2) is 0 Å². The van der Waals surface area contributed by atoms with E-state index in [1.54, 1.807) is 19.0 Å². The topological polar surface area (TPSA) is 102 Å². The van der Waals surface area contributed by atoms with E-state index < -0.39 is 36.4 Å². The minimum absolute atomic E-state index is 0.0219. The third-order valence-corrected chi connectivity index (χ3v) is 5.58. The molecular weight excluding hydrogens is 328 g/mol. The minimum atomic E-state index is -1.26. The Kier molecular flexibility index (Phi) is 6.03. The highest BCUT2D eigenvalue weighted by molar-refractivity contribution is 8.23. The van der Waals surface area contributed by atoms with Crippen molar-refractivity contribution < 1.29 is 24.9 Å². The van der Waals surface area contributed by atoms with Crippen LogP contribution < -0.4 is 5.32 Å². The third kappa shape index (κ3) is 4.09. The van der Waals surface area contributed by atoms with Gasteiger partial charge in [-0.3, -0.25) is 4.79 Å². The van der Waals surface area contributed by atoms with Gasteiger partial charge < -0.3 is 30.3 Å². The lowest BCUT2D eigenvalue weighted by Crippen LogP contribution is -2.63. The summed E-state index contributed by atoms with van der Waals surface area (Å²) in [6, 6.07) is -0.784. The molecule has 0 aromatic carbocycles. The Morgan fingerprint density at radius 1 is 1.36 bits per heavy atom. The van der Waals surface area contributed by atoms with Crippen molar-refractivity contribution in [3.05, 3.63) is 0 Å². The van der Waals surface area contributed by atoms with Crippen LogP contribution >= 0.6 is 24.0 Å². The molecule has 2 fully saturated rings. The molecule has 4 N–H and O–H groups in total. The molecule has 5 atom stereocenters. The Morgan fingerprint density at radius 3 is 2.50 bits per heavy atom. The predicted octanol–water partition coefficient (Wildman–Crippen LogP) is -1.10. The fourth-order valence-corrected chi connectivity index (χ4v) is 3.44. The van der Waals surface area contributed by atoms with Crippen LogP contribution in [-0.4, -0.2) is 80.9 Å². The molecule has 7 nitrogen and oxygen atoms in total. The number of thioether (sulfide) groups is 1. The van der Waals surface area contributed by atoms with Gasteiger partial charge in [0.15, 0.2) is 0 Å². The first-order valence-corrected chi connectivity index (χ1v) is 8.44. The van der Waals surface area contributed by atoms with Crippen LogP contribution in [0.1, 0.15) is 12.8 Å². The maximum absolute atomic E-state index is 12.0. The monoisotopic (exact) mass is 350 g/mol. The Balaban J connectivity index is 2.11. The lowest BCUT2D eigenvalue weighted by Gasteiger charge is -2.42. The molecule has 0 radical (unpaired) electrons. The number of hydrogen-bond donors (Lipinski definition) is 4. The highest BCUT2D eigenvalue weighted by atomic mass is 32.2. The summed E-state index contributed by atoms with van der Waals surface area (Å²) < 4.78 is 6.15. The van der Waals surface area contributed by atoms with Gasteiger partial charge in [0.1, 0.15) is 28.1 Å². The molecule has 1 saturated carbocycles. The van der Waals surface area contributed by atoms with Crippen LogP contribution in [0.3, 0.4) is 0 Å². The number of carbonyl (C=O) groups is 1. The summed E-state index contributed by atoms with van der Waals surface area (Å²) >= 11 is 6.40. The number of ether oxygens (including phenoxy) is 1. The summed E-state index contributed by atoms with van der Waals surface area (Å²) in [6.07, 6.45) is -1.72. The molecule has 126 valence electrons. The van der Waals surface area contributed by atoms with Gasteiger partial charge in [-0.25, -0.2) is 0 Å². The van der Waals surface area contributed by atoms with Crippen molar-refractivity contribution in [3.8, 4) is 0 Å². The molecule has 1 amide bonds. The molecule has 9 heteroatoms. The average Bonchev–Trinajstić information content (AvgIpc) is 3.30. The van der Waals surface area contributed by atoms with Crippen molar-refractivity contribution in [1.82, 2.24) is 10.2 Å². The fourth-order valence-electron chi connectivity index (χ4n) is 2.17.